The molecule has 2 aliphatic heterocycles. The van der Waals surface area contributed by atoms with Crippen LogP contribution in [0, 0.1) is 5.92 Å². The standard InChI is InChI=1S/C49H60N8O6/c1-30(2)45(59)39(25-33-27-50-37-18-10-8-16-35(33)37)53-47(61)40(24-32-14-6-5-7-15-32)54-49(63)43-21-13-23-57(43)44(58)29-52-46(60)41(26-34-28-51-38-19-11-9-17-36(34)38)55-48(62)42-20-12-22-56(42)31(3)4/h5-11,14-19,27-28,30-31,39-43,50-51H,12-13,20-26,29H2,1-4H3,(H,52,60)(H,53,61)(H,54,63)(H,55,62)/t39-,40-,41-,42-,43-/m0/s1. The summed E-state index contributed by atoms with van der Waals surface area (Å²) in [5.74, 6) is -2.68. The van der Waals surface area contributed by atoms with Crippen molar-refractivity contribution in [2.24, 2.45) is 5.92 Å². The molecule has 0 saturated carbocycles. The lowest BCUT2D eigenvalue weighted by atomic mass is 9.94. The molecule has 2 saturated heterocycles. The second-order valence-corrected chi connectivity index (χ2v) is 17.5. The first-order valence-corrected chi connectivity index (χ1v) is 22.3. The molecular formula is C49H60N8O6. The Morgan fingerprint density at radius 1 is 0.619 bits per heavy atom. The molecule has 14 nitrogen and oxygen atoms in total. The van der Waals surface area contributed by atoms with Crippen LogP contribution in [0.5, 0.6) is 0 Å². The van der Waals surface area contributed by atoms with Gasteiger partial charge < -0.3 is 36.1 Å². The highest BCUT2D eigenvalue weighted by Gasteiger charge is 2.38. The fourth-order valence-corrected chi connectivity index (χ4v) is 9.16. The molecule has 332 valence electrons. The van der Waals surface area contributed by atoms with Gasteiger partial charge in [0.25, 0.3) is 0 Å². The highest BCUT2D eigenvalue weighted by Crippen LogP contribution is 2.24. The lowest BCUT2D eigenvalue weighted by molar-refractivity contribution is -0.140. The topological polar surface area (TPSA) is 189 Å². The molecule has 6 N–H and O–H groups in total. The molecule has 5 amide bonds. The first kappa shape index (κ1) is 44.8. The number of hydrogen-bond acceptors (Lipinski definition) is 7. The van der Waals surface area contributed by atoms with E-state index in [-0.39, 0.29) is 55.5 Å². The van der Waals surface area contributed by atoms with Gasteiger partial charge in [-0.3, -0.25) is 33.7 Å². The number of carbonyl (C=O) groups is 6. The minimum absolute atomic E-state index is 0.132. The number of para-hydroxylation sites is 2. The van der Waals surface area contributed by atoms with E-state index in [0.717, 1.165) is 51.5 Å². The first-order chi connectivity index (χ1) is 30.4. The molecule has 0 bridgehead atoms. The minimum Gasteiger partial charge on any atom is -0.361 e. The van der Waals surface area contributed by atoms with E-state index in [4.69, 9.17) is 0 Å². The van der Waals surface area contributed by atoms with Gasteiger partial charge in [0.2, 0.25) is 29.5 Å². The van der Waals surface area contributed by atoms with Crippen molar-refractivity contribution in [2.75, 3.05) is 19.6 Å². The SMILES string of the molecule is CC(C)C(=O)[C@H](Cc1c[nH]c2ccccc12)NC(=O)[C@H](Cc1ccccc1)NC(=O)[C@@H]1CCCN1C(=O)CNC(=O)[C@H](Cc1c[nH]c2ccccc12)NC(=O)[C@@H]1CCCN1C(C)C. The molecule has 5 atom stereocenters. The van der Waals surface area contributed by atoms with Crippen LogP contribution in [0.3, 0.4) is 0 Å². The highest BCUT2D eigenvalue weighted by molar-refractivity contribution is 5.97. The molecule has 0 spiro atoms. The van der Waals surface area contributed by atoms with Gasteiger partial charge in [-0.05, 0) is 74.9 Å². The van der Waals surface area contributed by atoms with E-state index in [9.17, 15) is 28.8 Å². The van der Waals surface area contributed by atoms with E-state index in [2.05, 4.69) is 50.0 Å². The zero-order valence-corrected chi connectivity index (χ0v) is 36.6. The first-order valence-electron chi connectivity index (χ1n) is 22.3. The summed E-state index contributed by atoms with van der Waals surface area (Å²) in [7, 11) is 0. The normalized spacial score (nSPS) is 18.1. The quantitative estimate of drug-likeness (QED) is 0.0757. The summed E-state index contributed by atoms with van der Waals surface area (Å²) in [5.41, 5.74) is 4.38. The third-order valence-electron chi connectivity index (χ3n) is 12.5. The molecule has 0 aliphatic carbocycles. The van der Waals surface area contributed by atoms with Crippen LogP contribution >= 0.6 is 0 Å². The lowest BCUT2D eigenvalue weighted by Gasteiger charge is -2.29. The number of hydrogen-bond donors (Lipinski definition) is 6. The highest BCUT2D eigenvalue weighted by atomic mass is 16.2. The summed E-state index contributed by atoms with van der Waals surface area (Å²) in [4.78, 5) is 93.6. The predicted molar refractivity (Wildman–Crippen MR) is 242 cm³/mol. The van der Waals surface area contributed by atoms with E-state index < -0.39 is 47.8 Å². The van der Waals surface area contributed by atoms with Gasteiger partial charge in [-0.25, -0.2) is 0 Å². The molecule has 63 heavy (non-hydrogen) atoms. The lowest BCUT2D eigenvalue weighted by Crippen LogP contribution is -2.57. The number of ketones is 1. The Morgan fingerprint density at radius 3 is 1.78 bits per heavy atom. The van der Waals surface area contributed by atoms with Crippen LogP contribution in [0.2, 0.25) is 0 Å². The number of nitrogens with one attached hydrogen (secondary N) is 6. The Kier molecular flexibility index (Phi) is 14.4. The van der Waals surface area contributed by atoms with Crippen LogP contribution in [-0.2, 0) is 48.0 Å². The van der Waals surface area contributed by atoms with Crippen molar-refractivity contribution in [3.8, 4) is 0 Å². The molecule has 14 heteroatoms. The fraction of sp³-hybridized carbons (Fsp3) is 0.429. The number of rotatable bonds is 18. The number of aromatic amines is 2. The zero-order chi connectivity index (χ0) is 44.6. The molecule has 3 aromatic carbocycles. The van der Waals surface area contributed by atoms with E-state index in [1.807, 2.05) is 91.3 Å². The third-order valence-corrected chi connectivity index (χ3v) is 12.5. The maximum Gasteiger partial charge on any atom is 0.243 e. The molecule has 4 heterocycles. The number of nitrogens with zero attached hydrogens (tertiary/aromatic N) is 2. The molecule has 2 fully saturated rings. The Labute approximate surface area is 368 Å². The Hall–Kier alpha value is -6.28. The number of Topliss-reactive ketones (excluding diaryl/α,β-unsaturated/α-hetero) is 1. The monoisotopic (exact) mass is 856 g/mol. The predicted octanol–water partition coefficient (Wildman–Crippen LogP) is 4.34. The number of aromatic nitrogens is 2. The van der Waals surface area contributed by atoms with Crippen molar-refractivity contribution in [3.05, 3.63) is 108 Å². The van der Waals surface area contributed by atoms with Gasteiger partial charge >= 0.3 is 0 Å². The molecule has 0 unspecified atom stereocenters. The Bertz CT molecular complexity index is 2420. The molecule has 0 radical (unpaired) electrons. The van der Waals surface area contributed by atoms with Crippen molar-refractivity contribution >= 4 is 57.1 Å². The van der Waals surface area contributed by atoms with Crippen LogP contribution < -0.4 is 21.3 Å². The van der Waals surface area contributed by atoms with Crippen molar-refractivity contribution in [3.63, 3.8) is 0 Å². The number of amides is 5. The average molecular weight is 857 g/mol. The van der Waals surface area contributed by atoms with Gasteiger partial charge in [0, 0.05) is 72.0 Å². The summed E-state index contributed by atoms with van der Waals surface area (Å²) < 4.78 is 0. The largest absolute Gasteiger partial charge is 0.361 e. The number of carbonyl (C=O) groups excluding carboxylic acids is 6. The maximum atomic E-state index is 14.2. The van der Waals surface area contributed by atoms with Crippen molar-refractivity contribution < 1.29 is 28.8 Å². The van der Waals surface area contributed by atoms with Gasteiger partial charge in [0.05, 0.1) is 18.6 Å². The van der Waals surface area contributed by atoms with Crippen molar-refractivity contribution in [1.29, 1.82) is 0 Å². The van der Waals surface area contributed by atoms with Crippen LogP contribution in [-0.4, -0.2) is 111 Å². The third kappa shape index (κ3) is 10.7. The summed E-state index contributed by atoms with van der Waals surface area (Å²) in [6.07, 6.45) is 6.81. The second kappa shape index (κ2) is 20.3. The van der Waals surface area contributed by atoms with Crippen molar-refractivity contribution in [2.45, 2.75) is 109 Å². The van der Waals surface area contributed by atoms with E-state index >= 15 is 0 Å². The Balaban J connectivity index is 1.03. The van der Waals surface area contributed by atoms with Gasteiger partial charge in [-0.15, -0.1) is 0 Å². The maximum absolute atomic E-state index is 14.2. The van der Waals surface area contributed by atoms with E-state index in [0.29, 0.717) is 25.8 Å². The Morgan fingerprint density at radius 2 is 1.16 bits per heavy atom. The number of benzene rings is 3. The van der Waals surface area contributed by atoms with E-state index in [1.54, 1.807) is 13.8 Å². The van der Waals surface area contributed by atoms with Crippen LogP contribution in [0.1, 0.15) is 70.1 Å². The van der Waals surface area contributed by atoms with Crippen LogP contribution in [0.4, 0.5) is 0 Å². The van der Waals surface area contributed by atoms with Gasteiger partial charge in [-0.2, -0.15) is 0 Å². The summed E-state index contributed by atoms with van der Waals surface area (Å²) in [6.45, 7) is 8.41. The molecule has 7 rings (SSSR count). The minimum atomic E-state index is -1.05. The number of fused-ring (bicyclic) bond motifs is 2. The second-order valence-electron chi connectivity index (χ2n) is 17.5. The van der Waals surface area contributed by atoms with E-state index in [1.165, 1.54) is 4.90 Å². The van der Waals surface area contributed by atoms with Crippen molar-refractivity contribution in [1.82, 2.24) is 41.0 Å². The molecule has 2 aromatic heterocycles. The molecular weight excluding hydrogens is 797 g/mol. The summed E-state index contributed by atoms with van der Waals surface area (Å²) >= 11 is 0. The number of H-pyrrole nitrogens is 2. The van der Waals surface area contributed by atoms with Gasteiger partial charge in [-0.1, -0.05) is 80.6 Å². The summed E-state index contributed by atoms with van der Waals surface area (Å²) in [6, 6.07) is 20.9. The fourth-order valence-electron chi connectivity index (χ4n) is 9.16. The zero-order valence-electron chi connectivity index (χ0n) is 36.6. The molecule has 2 aliphatic rings. The van der Waals surface area contributed by atoms with Crippen LogP contribution in [0.15, 0.2) is 91.3 Å². The van der Waals surface area contributed by atoms with Crippen LogP contribution in [0.25, 0.3) is 21.8 Å². The summed E-state index contributed by atoms with van der Waals surface area (Å²) in [5, 5.41) is 13.6. The van der Waals surface area contributed by atoms with Gasteiger partial charge in [0.15, 0.2) is 5.78 Å². The average Bonchev–Trinajstić information content (AvgIpc) is 4.12. The smallest absolute Gasteiger partial charge is 0.243 e. The van der Waals surface area contributed by atoms with Gasteiger partial charge in [0.1, 0.15) is 18.1 Å². The number of likely N-dealkylation sites (tertiary alicyclic amines) is 2. The molecule has 5 aromatic rings.